The number of ether oxygens (including phenoxy) is 1. The zero-order valence-electron chi connectivity index (χ0n) is 16.3. The molecule has 2 rings (SSSR count). The van der Waals surface area contributed by atoms with Crippen molar-refractivity contribution in [3.05, 3.63) is 58.6 Å². The number of benzene rings is 2. The maximum absolute atomic E-state index is 13.0. The first-order chi connectivity index (χ1) is 13.2. The molecule has 0 unspecified atom stereocenters. The SMILES string of the molecule is CCS(=O)(=O)Oc1cc(CN(C(=O)c2ccccc2Cl)C(C)C)ccc1OC. The van der Waals surface area contributed by atoms with Gasteiger partial charge in [0.15, 0.2) is 11.5 Å². The van der Waals surface area contributed by atoms with E-state index in [0.29, 0.717) is 21.9 Å². The predicted molar refractivity (Wildman–Crippen MR) is 110 cm³/mol. The number of rotatable bonds is 8. The second-order valence-electron chi connectivity index (χ2n) is 6.42. The van der Waals surface area contributed by atoms with E-state index in [9.17, 15) is 13.2 Å². The van der Waals surface area contributed by atoms with Crippen LogP contribution in [0.5, 0.6) is 11.5 Å². The highest BCUT2D eigenvalue weighted by molar-refractivity contribution is 7.87. The molecule has 2 aromatic rings. The Morgan fingerprint density at radius 2 is 1.82 bits per heavy atom. The number of carbonyl (C=O) groups excluding carboxylic acids is 1. The van der Waals surface area contributed by atoms with Crippen LogP contribution in [0.2, 0.25) is 5.02 Å². The average Bonchev–Trinajstić information content (AvgIpc) is 2.65. The van der Waals surface area contributed by atoms with Crippen LogP contribution in [0.4, 0.5) is 0 Å². The lowest BCUT2D eigenvalue weighted by Gasteiger charge is -2.27. The number of halogens is 1. The molecule has 0 atom stereocenters. The fourth-order valence-corrected chi connectivity index (χ4v) is 3.29. The summed E-state index contributed by atoms with van der Waals surface area (Å²) in [7, 11) is -2.28. The first-order valence-corrected chi connectivity index (χ1v) is 10.8. The van der Waals surface area contributed by atoms with Crippen LogP contribution in [0, 0.1) is 0 Å². The largest absolute Gasteiger partial charge is 0.493 e. The minimum Gasteiger partial charge on any atom is -0.493 e. The molecule has 152 valence electrons. The van der Waals surface area contributed by atoms with Crippen LogP contribution in [0.25, 0.3) is 0 Å². The number of methoxy groups -OCH3 is 1. The van der Waals surface area contributed by atoms with Crippen molar-refractivity contribution in [3.8, 4) is 11.5 Å². The summed E-state index contributed by atoms with van der Waals surface area (Å²) in [6.45, 7) is 5.55. The summed E-state index contributed by atoms with van der Waals surface area (Å²) in [5, 5.41) is 0.381. The average molecular weight is 426 g/mol. The van der Waals surface area contributed by atoms with E-state index < -0.39 is 10.1 Å². The summed E-state index contributed by atoms with van der Waals surface area (Å²) in [4.78, 5) is 14.6. The molecule has 0 heterocycles. The van der Waals surface area contributed by atoms with Crippen molar-refractivity contribution in [2.24, 2.45) is 0 Å². The van der Waals surface area contributed by atoms with E-state index in [1.807, 2.05) is 13.8 Å². The maximum Gasteiger partial charge on any atom is 0.309 e. The maximum atomic E-state index is 13.0. The summed E-state index contributed by atoms with van der Waals surface area (Å²) in [6, 6.07) is 11.7. The van der Waals surface area contributed by atoms with Gasteiger partial charge in [0.2, 0.25) is 0 Å². The third-order valence-corrected chi connectivity index (χ3v) is 5.61. The molecule has 0 aliphatic heterocycles. The molecule has 0 aliphatic carbocycles. The second-order valence-corrected chi connectivity index (χ2v) is 8.69. The molecule has 2 aromatic carbocycles. The summed E-state index contributed by atoms with van der Waals surface area (Å²) in [5.74, 6) is 0.0221. The Morgan fingerprint density at radius 1 is 1.14 bits per heavy atom. The number of hydrogen-bond donors (Lipinski definition) is 0. The van der Waals surface area contributed by atoms with Gasteiger partial charge in [-0.3, -0.25) is 4.79 Å². The van der Waals surface area contributed by atoms with E-state index in [1.165, 1.54) is 14.0 Å². The lowest BCUT2D eigenvalue weighted by Crippen LogP contribution is -2.36. The number of carbonyl (C=O) groups is 1. The summed E-state index contributed by atoms with van der Waals surface area (Å²) >= 11 is 6.17. The molecule has 28 heavy (non-hydrogen) atoms. The van der Waals surface area contributed by atoms with Gasteiger partial charge >= 0.3 is 10.1 Å². The van der Waals surface area contributed by atoms with E-state index in [4.69, 9.17) is 20.5 Å². The Hall–Kier alpha value is -2.25. The summed E-state index contributed by atoms with van der Waals surface area (Å²) < 4.78 is 34.0. The summed E-state index contributed by atoms with van der Waals surface area (Å²) in [5.41, 5.74) is 1.12. The van der Waals surface area contributed by atoms with Crippen LogP contribution in [0.1, 0.15) is 36.7 Å². The summed E-state index contributed by atoms with van der Waals surface area (Å²) in [6.07, 6.45) is 0. The third kappa shape index (κ3) is 5.39. The molecule has 0 radical (unpaired) electrons. The van der Waals surface area contributed by atoms with Crippen LogP contribution in [0.15, 0.2) is 42.5 Å². The van der Waals surface area contributed by atoms with Crippen LogP contribution in [-0.2, 0) is 16.7 Å². The zero-order valence-corrected chi connectivity index (χ0v) is 17.9. The molecule has 0 aromatic heterocycles. The third-order valence-electron chi connectivity index (χ3n) is 4.14. The first kappa shape index (κ1) is 22.0. The number of amides is 1. The van der Waals surface area contributed by atoms with Gasteiger partial charge < -0.3 is 13.8 Å². The minimum absolute atomic E-state index is 0.0933. The van der Waals surface area contributed by atoms with E-state index >= 15 is 0 Å². The molecular formula is C20H24ClNO5S. The molecule has 0 bridgehead atoms. The van der Waals surface area contributed by atoms with Gasteiger partial charge in [-0.15, -0.1) is 0 Å². The minimum atomic E-state index is -3.71. The molecule has 0 N–H and O–H groups in total. The quantitative estimate of drug-likeness (QED) is 0.594. The Kier molecular flexibility index (Phi) is 7.32. The molecular weight excluding hydrogens is 402 g/mol. The van der Waals surface area contributed by atoms with Gasteiger partial charge in [0.1, 0.15) is 0 Å². The van der Waals surface area contributed by atoms with Gasteiger partial charge in [-0.05, 0) is 50.6 Å². The first-order valence-electron chi connectivity index (χ1n) is 8.83. The van der Waals surface area contributed by atoms with E-state index in [2.05, 4.69) is 0 Å². The Labute approximate surface area is 171 Å². The van der Waals surface area contributed by atoms with Crippen LogP contribution >= 0.6 is 11.6 Å². The van der Waals surface area contributed by atoms with Gasteiger partial charge in [-0.2, -0.15) is 8.42 Å². The van der Waals surface area contributed by atoms with Crippen molar-refractivity contribution in [1.29, 1.82) is 0 Å². The smallest absolute Gasteiger partial charge is 0.309 e. The van der Waals surface area contributed by atoms with Crippen molar-refractivity contribution in [3.63, 3.8) is 0 Å². The van der Waals surface area contributed by atoms with Crippen molar-refractivity contribution in [1.82, 2.24) is 4.90 Å². The highest BCUT2D eigenvalue weighted by Crippen LogP contribution is 2.30. The van der Waals surface area contributed by atoms with Crippen molar-refractivity contribution in [2.75, 3.05) is 12.9 Å². The van der Waals surface area contributed by atoms with Crippen LogP contribution in [0.3, 0.4) is 0 Å². The topological polar surface area (TPSA) is 72.9 Å². The Balaban J connectivity index is 2.35. The fourth-order valence-electron chi connectivity index (χ4n) is 2.56. The standard InChI is InChI=1S/C20H24ClNO5S/c1-5-28(24,25)27-19-12-15(10-11-18(19)26-4)13-22(14(2)3)20(23)16-8-6-7-9-17(16)21/h6-12,14H,5,13H2,1-4H3. The normalized spacial score (nSPS) is 11.4. The van der Waals surface area contributed by atoms with Crippen molar-refractivity contribution < 1.29 is 22.1 Å². The fraction of sp³-hybridized carbons (Fsp3) is 0.350. The van der Waals surface area contributed by atoms with E-state index in [-0.39, 0.29) is 30.0 Å². The van der Waals surface area contributed by atoms with Gasteiger partial charge in [0.05, 0.1) is 23.4 Å². The van der Waals surface area contributed by atoms with Crippen LogP contribution < -0.4 is 8.92 Å². The number of hydrogen-bond acceptors (Lipinski definition) is 5. The molecule has 1 amide bonds. The highest BCUT2D eigenvalue weighted by Gasteiger charge is 2.22. The lowest BCUT2D eigenvalue weighted by atomic mass is 10.1. The Morgan fingerprint density at radius 3 is 2.39 bits per heavy atom. The zero-order chi connectivity index (χ0) is 20.9. The van der Waals surface area contributed by atoms with Gasteiger partial charge in [-0.25, -0.2) is 0 Å². The molecule has 0 saturated heterocycles. The van der Waals surface area contributed by atoms with E-state index in [1.54, 1.807) is 47.4 Å². The van der Waals surface area contributed by atoms with Gasteiger partial charge in [-0.1, -0.05) is 29.8 Å². The molecule has 0 fully saturated rings. The molecule has 8 heteroatoms. The molecule has 6 nitrogen and oxygen atoms in total. The number of nitrogens with zero attached hydrogens (tertiary/aromatic N) is 1. The predicted octanol–water partition coefficient (Wildman–Crippen LogP) is 4.13. The highest BCUT2D eigenvalue weighted by atomic mass is 35.5. The molecule has 0 spiro atoms. The Bertz CT molecular complexity index is 943. The van der Waals surface area contributed by atoms with Crippen LogP contribution in [-0.4, -0.2) is 38.1 Å². The van der Waals surface area contributed by atoms with Gasteiger partial charge in [0, 0.05) is 12.6 Å². The van der Waals surface area contributed by atoms with Crippen molar-refractivity contribution >= 4 is 27.6 Å². The second kappa shape index (κ2) is 9.30. The lowest BCUT2D eigenvalue weighted by molar-refractivity contribution is 0.0690. The monoisotopic (exact) mass is 425 g/mol. The van der Waals surface area contributed by atoms with Gasteiger partial charge in [0.25, 0.3) is 5.91 Å². The molecule has 0 saturated carbocycles. The van der Waals surface area contributed by atoms with Crippen molar-refractivity contribution in [2.45, 2.75) is 33.4 Å². The van der Waals surface area contributed by atoms with E-state index in [0.717, 1.165) is 0 Å². The molecule has 0 aliphatic rings.